The molecule has 2 unspecified atom stereocenters. The fourth-order valence-electron chi connectivity index (χ4n) is 1.56. The molecule has 0 radical (unpaired) electrons. The predicted octanol–water partition coefficient (Wildman–Crippen LogP) is 1.67. The Kier molecular flexibility index (Phi) is 4.79. The minimum atomic E-state index is 0.583. The van der Waals surface area contributed by atoms with Crippen molar-refractivity contribution in [3.8, 4) is 0 Å². The summed E-state index contributed by atoms with van der Waals surface area (Å²) in [7, 11) is 3.81. The van der Waals surface area contributed by atoms with Crippen LogP contribution in [0.2, 0.25) is 0 Å². The highest BCUT2D eigenvalue weighted by Crippen LogP contribution is 2.23. The van der Waals surface area contributed by atoms with Crippen LogP contribution in [0.3, 0.4) is 0 Å². The van der Waals surface area contributed by atoms with Gasteiger partial charge in [-0.25, -0.2) is 0 Å². The SMILES string of the molecule is CC(SS)C1CCOCCN1C. The third-order valence-corrected chi connectivity index (χ3v) is 4.06. The first-order valence-electron chi connectivity index (χ1n) is 4.34. The van der Waals surface area contributed by atoms with Gasteiger partial charge in [-0.1, -0.05) is 17.7 Å². The summed E-state index contributed by atoms with van der Waals surface area (Å²) in [5.74, 6) is 0. The molecule has 72 valence electrons. The second-order valence-corrected chi connectivity index (χ2v) is 4.85. The number of thiol groups is 1. The molecule has 0 spiro atoms. The molecule has 1 heterocycles. The molecular weight excluding hydrogens is 190 g/mol. The van der Waals surface area contributed by atoms with Crippen LogP contribution in [0.5, 0.6) is 0 Å². The molecule has 1 rings (SSSR count). The molecule has 0 aromatic heterocycles. The largest absolute Gasteiger partial charge is 0.380 e. The van der Waals surface area contributed by atoms with E-state index in [1.165, 1.54) is 0 Å². The van der Waals surface area contributed by atoms with E-state index in [1.54, 1.807) is 10.8 Å². The molecule has 0 N–H and O–H groups in total. The number of nitrogens with zero attached hydrogens (tertiary/aromatic N) is 1. The summed E-state index contributed by atoms with van der Waals surface area (Å²) in [6.45, 7) is 5.04. The molecule has 4 heteroatoms. The highest BCUT2D eigenvalue weighted by molar-refractivity contribution is 8.68. The quantitative estimate of drug-likeness (QED) is 0.547. The Morgan fingerprint density at radius 1 is 1.58 bits per heavy atom. The third-order valence-electron chi connectivity index (χ3n) is 2.42. The minimum Gasteiger partial charge on any atom is -0.380 e. The highest BCUT2D eigenvalue weighted by Gasteiger charge is 2.23. The second kappa shape index (κ2) is 5.37. The van der Waals surface area contributed by atoms with Crippen LogP contribution in [0, 0.1) is 0 Å². The van der Waals surface area contributed by atoms with Gasteiger partial charge in [-0.15, -0.1) is 11.7 Å². The Balaban J connectivity index is 2.46. The number of hydrogen-bond donors (Lipinski definition) is 1. The van der Waals surface area contributed by atoms with Gasteiger partial charge in [-0.3, -0.25) is 4.90 Å². The van der Waals surface area contributed by atoms with Crippen LogP contribution in [0.4, 0.5) is 0 Å². The van der Waals surface area contributed by atoms with Crippen molar-refractivity contribution in [3.63, 3.8) is 0 Å². The van der Waals surface area contributed by atoms with Crippen molar-refractivity contribution < 1.29 is 4.74 Å². The predicted molar refractivity (Wildman–Crippen MR) is 57.9 cm³/mol. The van der Waals surface area contributed by atoms with Gasteiger partial charge < -0.3 is 4.74 Å². The van der Waals surface area contributed by atoms with Crippen LogP contribution in [0.1, 0.15) is 13.3 Å². The van der Waals surface area contributed by atoms with Gasteiger partial charge in [-0.2, -0.15) is 0 Å². The van der Waals surface area contributed by atoms with Gasteiger partial charge >= 0.3 is 0 Å². The summed E-state index contributed by atoms with van der Waals surface area (Å²) in [6, 6.07) is 0.620. The van der Waals surface area contributed by atoms with Gasteiger partial charge in [0, 0.05) is 24.4 Å². The van der Waals surface area contributed by atoms with E-state index < -0.39 is 0 Å². The van der Waals surface area contributed by atoms with Crippen molar-refractivity contribution >= 4 is 22.5 Å². The summed E-state index contributed by atoms with van der Waals surface area (Å²) >= 11 is 4.25. The van der Waals surface area contributed by atoms with Crippen LogP contribution < -0.4 is 0 Å². The first-order chi connectivity index (χ1) is 5.75. The van der Waals surface area contributed by atoms with Gasteiger partial charge in [0.15, 0.2) is 0 Å². The molecule has 1 saturated heterocycles. The van der Waals surface area contributed by atoms with Gasteiger partial charge in [-0.05, 0) is 13.5 Å². The van der Waals surface area contributed by atoms with E-state index in [-0.39, 0.29) is 0 Å². The molecule has 12 heavy (non-hydrogen) atoms. The van der Waals surface area contributed by atoms with E-state index in [0.717, 1.165) is 26.2 Å². The molecular formula is C8H17NOS2. The zero-order chi connectivity index (χ0) is 8.97. The van der Waals surface area contributed by atoms with Crippen LogP contribution in [0.15, 0.2) is 0 Å². The Morgan fingerprint density at radius 2 is 2.33 bits per heavy atom. The van der Waals surface area contributed by atoms with E-state index in [1.807, 2.05) is 0 Å². The zero-order valence-electron chi connectivity index (χ0n) is 7.69. The van der Waals surface area contributed by atoms with Crippen LogP contribution in [-0.4, -0.2) is 43.0 Å². The Morgan fingerprint density at radius 3 is 3.00 bits per heavy atom. The number of likely N-dealkylation sites (N-methyl/N-ethyl adjacent to an activating group) is 1. The highest BCUT2D eigenvalue weighted by atomic mass is 33.1. The number of ether oxygens (including phenoxy) is 1. The lowest BCUT2D eigenvalue weighted by atomic mass is 10.1. The fraction of sp³-hybridized carbons (Fsp3) is 1.00. The summed E-state index contributed by atoms with van der Waals surface area (Å²) in [5, 5.41) is 0.583. The summed E-state index contributed by atoms with van der Waals surface area (Å²) < 4.78 is 5.41. The van der Waals surface area contributed by atoms with Crippen molar-refractivity contribution in [2.45, 2.75) is 24.6 Å². The Hall–Kier alpha value is 0.620. The van der Waals surface area contributed by atoms with Gasteiger partial charge in [0.05, 0.1) is 6.61 Å². The maximum atomic E-state index is 5.41. The maximum Gasteiger partial charge on any atom is 0.0593 e. The lowest BCUT2D eigenvalue weighted by Gasteiger charge is -2.28. The molecule has 2 nitrogen and oxygen atoms in total. The molecule has 1 aliphatic rings. The summed E-state index contributed by atoms with van der Waals surface area (Å²) in [5.41, 5.74) is 0. The lowest BCUT2D eigenvalue weighted by molar-refractivity contribution is 0.144. The van der Waals surface area contributed by atoms with Crippen molar-refractivity contribution in [1.82, 2.24) is 4.90 Å². The standard InChI is InChI=1S/C8H17NOS2/c1-7(12-11)8-3-5-10-6-4-9(8)2/h7-8,11H,3-6H2,1-2H3. The topological polar surface area (TPSA) is 12.5 Å². The van der Waals surface area contributed by atoms with Gasteiger partial charge in [0.25, 0.3) is 0 Å². The number of hydrogen-bond acceptors (Lipinski definition) is 4. The molecule has 0 aliphatic carbocycles. The molecule has 0 amide bonds. The zero-order valence-corrected chi connectivity index (χ0v) is 9.40. The van der Waals surface area contributed by atoms with Crippen molar-refractivity contribution in [2.24, 2.45) is 0 Å². The molecule has 2 atom stereocenters. The van der Waals surface area contributed by atoms with Crippen LogP contribution >= 0.6 is 22.5 Å². The first-order valence-corrected chi connectivity index (χ1v) is 6.27. The average Bonchev–Trinajstić information content (AvgIpc) is 2.28. The van der Waals surface area contributed by atoms with E-state index in [4.69, 9.17) is 4.74 Å². The van der Waals surface area contributed by atoms with Gasteiger partial charge in [0.2, 0.25) is 0 Å². The normalized spacial score (nSPS) is 29.8. The van der Waals surface area contributed by atoms with E-state index in [0.29, 0.717) is 11.3 Å². The molecule has 0 bridgehead atoms. The Labute approximate surface area is 83.8 Å². The summed E-state index contributed by atoms with van der Waals surface area (Å²) in [4.78, 5) is 2.38. The van der Waals surface area contributed by atoms with Crippen LogP contribution in [-0.2, 0) is 4.74 Å². The molecule has 0 aromatic carbocycles. The van der Waals surface area contributed by atoms with E-state index in [9.17, 15) is 0 Å². The smallest absolute Gasteiger partial charge is 0.0593 e. The first kappa shape index (κ1) is 10.7. The minimum absolute atomic E-state index is 0.583. The number of rotatable bonds is 2. The third kappa shape index (κ3) is 2.83. The van der Waals surface area contributed by atoms with Crippen molar-refractivity contribution in [3.05, 3.63) is 0 Å². The van der Waals surface area contributed by atoms with E-state index in [2.05, 4.69) is 30.5 Å². The fourth-order valence-corrected chi connectivity index (χ4v) is 2.47. The Bertz CT molecular complexity index is 134. The lowest BCUT2D eigenvalue weighted by Crippen LogP contribution is -2.38. The van der Waals surface area contributed by atoms with Crippen LogP contribution in [0.25, 0.3) is 0 Å². The monoisotopic (exact) mass is 207 g/mol. The van der Waals surface area contributed by atoms with Crippen molar-refractivity contribution in [1.29, 1.82) is 0 Å². The van der Waals surface area contributed by atoms with Gasteiger partial charge in [0.1, 0.15) is 0 Å². The molecule has 0 saturated carbocycles. The van der Waals surface area contributed by atoms with E-state index >= 15 is 0 Å². The molecule has 1 fully saturated rings. The second-order valence-electron chi connectivity index (χ2n) is 3.26. The molecule has 1 aliphatic heterocycles. The average molecular weight is 207 g/mol. The summed E-state index contributed by atoms with van der Waals surface area (Å²) in [6.07, 6.45) is 1.13. The maximum absolute atomic E-state index is 5.41. The molecule has 0 aromatic rings. The van der Waals surface area contributed by atoms with Crippen molar-refractivity contribution in [2.75, 3.05) is 26.8 Å².